The van der Waals surface area contributed by atoms with Crippen molar-refractivity contribution in [1.82, 2.24) is 9.66 Å². The summed E-state index contributed by atoms with van der Waals surface area (Å²) < 4.78 is 50.4. The summed E-state index contributed by atoms with van der Waals surface area (Å²) in [6, 6.07) is 12.7. The maximum absolute atomic E-state index is 13.4. The number of esters is 1. The fourth-order valence-corrected chi connectivity index (χ4v) is 3.80. The lowest BCUT2D eigenvalue weighted by molar-refractivity contribution is -0.385. The lowest BCUT2D eigenvalue weighted by Gasteiger charge is -2.12. The monoisotopic (exact) mass is 560 g/mol. The van der Waals surface area contributed by atoms with E-state index in [0.717, 1.165) is 36.2 Å². The van der Waals surface area contributed by atoms with Crippen molar-refractivity contribution in [3.8, 4) is 17.1 Å². The van der Waals surface area contributed by atoms with Crippen LogP contribution in [0.25, 0.3) is 22.3 Å². The Labute approximate surface area is 222 Å². The Bertz CT molecular complexity index is 1690. The highest BCUT2D eigenvalue weighted by Gasteiger charge is 2.31. The third-order valence-corrected chi connectivity index (χ3v) is 5.61. The quantitative estimate of drug-likeness (QED) is 0.133. The fraction of sp³-hybridized carbons (Fsp3) is 0.120. The molecule has 0 bridgehead atoms. The van der Waals surface area contributed by atoms with Gasteiger partial charge in [0.25, 0.3) is 5.56 Å². The van der Waals surface area contributed by atoms with Gasteiger partial charge < -0.3 is 9.47 Å². The van der Waals surface area contributed by atoms with Gasteiger partial charge in [0.15, 0.2) is 12.4 Å². The molecule has 0 unspecified atom stereocenters. The summed E-state index contributed by atoms with van der Waals surface area (Å²) in [6.07, 6.45) is -3.59. The number of nitrogens with zero attached hydrogens (tertiary/aromatic N) is 4. The van der Waals surface area contributed by atoms with Crippen molar-refractivity contribution in [2.45, 2.75) is 6.18 Å². The second-order valence-corrected chi connectivity index (χ2v) is 8.27. The highest BCUT2D eigenvalue weighted by Crippen LogP contribution is 2.36. The molecule has 1 heterocycles. The summed E-state index contributed by atoms with van der Waals surface area (Å²) in [5.41, 5.74) is -2.01. The molecule has 1 aromatic heterocycles. The first-order valence-electron chi connectivity index (χ1n) is 10.9. The Kier molecular flexibility index (Phi) is 7.63. The standard InChI is InChI=1S/C25H16ClF3N4O6/c1-38-21(34)13-39-22-18(26)9-14(10-20(22)33(36)37)12-30-32-23(15-5-4-6-16(11-15)25(27,28)29)31-19-8-3-2-7-17(19)24(32)35/h2-12H,13H2,1H3. The third kappa shape index (κ3) is 5.88. The van der Waals surface area contributed by atoms with Crippen LogP contribution < -0.4 is 10.3 Å². The van der Waals surface area contributed by atoms with Crippen molar-refractivity contribution in [2.24, 2.45) is 5.10 Å². The number of fused-ring (bicyclic) bond motifs is 1. The van der Waals surface area contributed by atoms with Gasteiger partial charge in [-0.15, -0.1) is 0 Å². The largest absolute Gasteiger partial charge is 0.474 e. The molecule has 39 heavy (non-hydrogen) atoms. The van der Waals surface area contributed by atoms with Crippen molar-refractivity contribution in [1.29, 1.82) is 0 Å². The van der Waals surface area contributed by atoms with Crippen LogP contribution in [0.4, 0.5) is 18.9 Å². The average molecular weight is 561 g/mol. The van der Waals surface area contributed by atoms with E-state index in [1.807, 2.05) is 0 Å². The minimum absolute atomic E-state index is 0.0413. The van der Waals surface area contributed by atoms with Crippen LogP contribution in [-0.2, 0) is 15.7 Å². The molecule has 0 aliphatic rings. The van der Waals surface area contributed by atoms with Gasteiger partial charge in [-0.2, -0.15) is 22.9 Å². The molecule has 0 atom stereocenters. The molecule has 4 rings (SSSR count). The highest BCUT2D eigenvalue weighted by atomic mass is 35.5. The lowest BCUT2D eigenvalue weighted by Crippen LogP contribution is -2.20. The van der Waals surface area contributed by atoms with Gasteiger partial charge in [0.1, 0.15) is 0 Å². The zero-order valence-corrected chi connectivity index (χ0v) is 20.6. The molecule has 0 spiro atoms. The van der Waals surface area contributed by atoms with Gasteiger partial charge in [0.05, 0.1) is 39.7 Å². The van der Waals surface area contributed by atoms with Crippen molar-refractivity contribution in [3.63, 3.8) is 0 Å². The average Bonchev–Trinajstić information content (AvgIpc) is 2.90. The minimum atomic E-state index is -4.64. The Morgan fingerprint density at radius 2 is 1.92 bits per heavy atom. The number of methoxy groups -OCH3 is 1. The molecule has 200 valence electrons. The number of hydrogen-bond donors (Lipinski definition) is 0. The molecule has 0 aliphatic carbocycles. The number of hydrogen-bond acceptors (Lipinski definition) is 8. The topological polar surface area (TPSA) is 126 Å². The van der Waals surface area contributed by atoms with Gasteiger partial charge in [0.2, 0.25) is 5.75 Å². The maximum atomic E-state index is 13.4. The third-order valence-electron chi connectivity index (χ3n) is 5.33. The van der Waals surface area contributed by atoms with Crippen molar-refractivity contribution in [3.05, 3.63) is 97.3 Å². The predicted octanol–water partition coefficient (Wildman–Crippen LogP) is 5.08. The number of benzene rings is 3. The number of nitro benzene ring substituents is 1. The number of carbonyl (C=O) groups is 1. The second-order valence-electron chi connectivity index (χ2n) is 7.87. The van der Waals surface area contributed by atoms with E-state index in [9.17, 15) is 32.9 Å². The Morgan fingerprint density at radius 1 is 1.18 bits per heavy atom. The zero-order valence-electron chi connectivity index (χ0n) is 19.8. The number of aromatic nitrogens is 2. The fourth-order valence-electron chi connectivity index (χ4n) is 3.52. The first-order chi connectivity index (χ1) is 18.5. The first-order valence-corrected chi connectivity index (χ1v) is 11.3. The Morgan fingerprint density at radius 3 is 2.62 bits per heavy atom. The number of para-hydroxylation sites is 1. The number of rotatable bonds is 7. The number of nitro groups is 1. The van der Waals surface area contributed by atoms with Gasteiger partial charge >= 0.3 is 17.8 Å². The van der Waals surface area contributed by atoms with Gasteiger partial charge in [-0.25, -0.2) is 9.78 Å². The van der Waals surface area contributed by atoms with Crippen LogP contribution in [0, 0.1) is 10.1 Å². The van der Waals surface area contributed by atoms with Crippen LogP contribution in [0.15, 0.2) is 70.6 Å². The Hall–Kier alpha value is -4.78. The van der Waals surface area contributed by atoms with E-state index < -0.39 is 46.2 Å². The van der Waals surface area contributed by atoms with Crippen molar-refractivity contribution < 1.29 is 32.4 Å². The van der Waals surface area contributed by atoms with E-state index in [2.05, 4.69) is 14.8 Å². The van der Waals surface area contributed by atoms with Crippen LogP contribution in [0.5, 0.6) is 5.75 Å². The van der Waals surface area contributed by atoms with Gasteiger partial charge in [-0.1, -0.05) is 35.9 Å². The van der Waals surface area contributed by atoms with Gasteiger partial charge in [0, 0.05) is 17.2 Å². The number of ether oxygens (including phenoxy) is 2. The molecule has 4 aromatic rings. The van der Waals surface area contributed by atoms with E-state index in [4.69, 9.17) is 16.3 Å². The predicted molar refractivity (Wildman–Crippen MR) is 135 cm³/mol. The molecular formula is C25H16ClF3N4O6. The van der Waals surface area contributed by atoms with Crippen LogP contribution in [-0.4, -0.2) is 40.5 Å². The summed E-state index contributed by atoms with van der Waals surface area (Å²) in [4.78, 5) is 39.8. The molecule has 0 radical (unpaired) electrons. The van der Waals surface area contributed by atoms with Crippen LogP contribution in [0.1, 0.15) is 11.1 Å². The highest BCUT2D eigenvalue weighted by molar-refractivity contribution is 6.32. The SMILES string of the molecule is COC(=O)COc1c(Cl)cc(C=Nn2c(-c3cccc(C(F)(F)F)c3)nc3ccccc3c2=O)cc1[N+](=O)[O-]. The van der Waals surface area contributed by atoms with E-state index in [0.29, 0.717) is 0 Å². The zero-order chi connectivity index (χ0) is 28.3. The van der Waals surface area contributed by atoms with E-state index >= 15 is 0 Å². The summed E-state index contributed by atoms with van der Waals surface area (Å²) in [5.74, 6) is -1.38. The number of carbonyl (C=O) groups excluding carboxylic acids is 1. The molecule has 0 saturated heterocycles. The molecule has 10 nitrogen and oxygen atoms in total. The number of alkyl halides is 3. The molecule has 0 N–H and O–H groups in total. The van der Waals surface area contributed by atoms with E-state index in [1.54, 1.807) is 12.1 Å². The molecular weight excluding hydrogens is 545 g/mol. The lowest BCUT2D eigenvalue weighted by atomic mass is 10.1. The van der Waals surface area contributed by atoms with Gasteiger partial charge in [-0.05, 0) is 30.3 Å². The van der Waals surface area contributed by atoms with Crippen molar-refractivity contribution >= 4 is 40.4 Å². The second kappa shape index (κ2) is 10.9. The van der Waals surface area contributed by atoms with Crippen molar-refractivity contribution in [2.75, 3.05) is 13.7 Å². The summed E-state index contributed by atoms with van der Waals surface area (Å²) in [6.45, 7) is -0.636. The normalized spacial score (nSPS) is 11.6. The maximum Gasteiger partial charge on any atom is 0.416 e. The van der Waals surface area contributed by atoms with E-state index in [1.165, 1.54) is 30.3 Å². The van der Waals surface area contributed by atoms with Gasteiger partial charge in [-0.3, -0.25) is 14.9 Å². The minimum Gasteiger partial charge on any atom is -0.474 e. The van der Waals surface area contributed by atoms with E-state index in [-0.39, 0.29) is 32.9 Å². The van der Waals surface area contributed by atoms with Crippen LogP contribution in [0.2, 0.25) is 5.02 Å². The summed E-state index contributed by atoms with van der Waals surface area (Å²) in [5, 5.41) is 15.6. The summed E-state index contributed by atoms with van der Waals surface area (Å²) >= 11 is 6.15. The first kappa shape index (κ1) is 27.3. The molecule has 0 aliphatic heterocycles. The van der Waals surface area contributed by atoms with Crippen LogP contribution in [0.3, 0.4) is 0 Å². The molecule has 0 saturated carbocycles. The summed E-state index contributed by atoms with van der Waals surface area (Å²) in [7, 11) is 1.11. The van der Waals surface area contributed by atoms with Crippen LogP contribution >= 0.6 is 11.6 Å². The smallest absolute Gasteiger partial charge is 0.416 e. The molecule has 0 amide bonds. The molecule has 0 fully saturated rings. The molecule has 3 aromatic carbocycles. The Balaban J connectivity index is 1.85. The molecule has 14 heteroatoms. The number of halogens is 4.